The molecule has 0 fully saturated rings. The zero-order chi connectivity index (χ0) is 15.7. The molecule has 0 saturated carbocycles. The van der Waals surface area contributed by atoms with Crippen LogP contribution in [0.15, 0.2) is 17.2 Å². The molecule has 0 aliphatic heterocycles. The van der Waals surface area contributed by atoms with Crippen molar-refractivity contribution in [3.63, 3.8) is 0 Å². The van der Waals surface area contributed by atoms with Crippen LogP contribution < -0.4 is 0 Å². The number of aliphatic hydroxyl groups excluding tert-OH is 1. The van der Waals surface area contributed by atoms with Gasteiger partial charge >= 0.3 is 0 Å². The van der Waals surface area contributed by atoms with Gasteiger partial charge in [0.05, 0.1) is 6.61 Å². The standard InChI is InChI=1S/C14H26N2O3S/c1-7-14(4,5)15(6)20(18,19)13-8-12(10-17)16(9-13)11(2)3/h8-9,11,17H,7,10H2,1-6H3. The summed E-state index contributed by atoms with van der Waals surface area (Å²) in [5, 5.41) is 9.36. The van der Waals surface area contributed by atoms with Crippen LogP contribution in [0.3, 0.4) is 0 Å². The molecule has 1 heterocycles. The summed E-state index contributed by atoms with van der Waals surface area (Å²) >= 11 is 0. The molecule has 6 heteroatoms. The highest BCUT2D eigenvalue weighted by molar-refractivity contribution is 7.89. The first kappa shape index (κ1) is 17.2. The van der Waals surface area contributed by atoms with Crippen LogP contribution in [0.4, 0.5) is 0 Å². The molecule has 116 valence electrons. The Morgan fingerprint density at radius 2 is 1.95 bits per heavy atom. The van der Waals surface area contributed by atoms with Gasteiger partial charge in [-0.15, -0.1) is 0 Å². The van der Waals surface area contributed by atoms with E-state index in [1.807, 2.05) is 34.6 Å². The molecule has 0 saturated heterocycles. The van der Waals surface area contributed by atoms with Crippen LogP contribution in [-0.4, -0.2) is 35.0 Å². The van der Waals surface area contributed by atoms with E-state index in [4.69, 9.17) is 0 Å². The number of sulfonamides is 1. The topological polar surface area (TPSA) is 62.5 Å². The van der Waals surface area contributed by atoms with E-state index in [1.165, 1.54) is 4.31 Å². The number of nitrogens with zero attached hydrogens (tertiary/aromatic N) is 2. The van der Waals surface area contributed by atoms with Crippen molar-refractivity contribution in [3.05, 3.63) is 18.0 Å². The van der Waals surface area contributed by atoms with Gasteiger partial charge < -0.3 is 9.67 Å². The minimum absolute atomic E-state index is 0.102. The minimum atomic E-state index is -3.55. The lowest BCUT2D eigenvalue weighted by Gasteiger charge is -2.33. The predicted molar refractivity (Wildman–Crippen MR) is 80.1 cm³/mol. The Labute approximate surface area is 122 Å². The molecule has 0 aliphatic rings. The maximum absolute atomic E-state index is 12.7. The molecule has 5 nitrogen and oxygen atoms in total. The van der Waals surface area contributed by atoms with Crippen LogP contribution in [0.2, 0.25) is 0 Å². The highest BCUT2D eigenvalue weighted by atomic mass is 32.2. The monoisotopic (exact) mass is 302 g/mol. The van der Waals surface area contributed by atoms with E-state index in [0.717, 1.165) is 6.42 Å². The molecular formula is C14H26N2O3S. The van der Waals surface area contributed by atoms with Gasteiger partial charge in [0.15, 0.2) is 0 Å². The summed E-state index contributed by atoms with van der Waals surface area (Å²) in [6.07, 6.45) is 2.33. The molecule has 0 unspecified atom stereocenters. The summed E-state index contributed by atoms with van der Waals surface area (Å²) in [5.41, 5.74) is 0.166. The minimum Gasteiger partial charge on any atom is -0.390 e. The SMILES string of the molecule is CCC(C)(C)N(C)S(=O)(=O)c1cc(CO)n(C(C)C)c1. The fourth-order valence-electron chi connectivity index (χ4n) is 1.95. The zero-order valence-corrected chi connectivity index (χ0v) is 14.0. The summed E-state index contributed by atoms with van der Waals surface area (Å²) in [5.74, 6) is 0. The van der Waals surface area contributed by atoms with Crippen LogP contribution in [0.5, 0.6) is 0 Å². The van der Waals surface area contributed by atoms with Gasteiger partial charge in [0.2, 0.25) is 10.0 Å². The molecular weight excluding hydrogens is 276 g/mol. The molecule has 0 radical (unpaired) electrons. The fraction of sp³-hybridized carbons (Fsp3) is 0.714. The molecule has 1 aromatic heterocycles. The van der Waals surface area contributed by atoms with Crippen molar-refractivity contribution < 1.29 is 13.5 Å². The van der Waals surface area contributed by atoms with Gasteiger partial charge in [0, 0.05) is 30.5 Å². The van der Waals surface area contributed by atoms with Gasteiger partial charge in [0.25, 0.3) is 0 Å². The van der Waals surface area contributed by atoms with Gasteiger partial charge in [-0.1, -0.05) is 6.92 Å². The van der Waals surface area contributed by atoms with E-state index >= 15 is 0 Å². The van der Waals surface area contributed by atoms with E-state index in [1.54, 1.807) is 23.9 Å². The highest BCUT2D eigenvalue weighted by Crippen LogP contribution is 2.27. The highest BCUT2D eigenvalue weighted by Gasteiger charge is 2.33. The summed E-state index contributed by atoms with van der Waals surface area (Å²) in [6.45, 7) is 9.50. The quantitative estimate of drug-likeness (QED) is 0.877. The number of rotatable bonds is 6. The second-order valence-corrected chi connectivity index (χ2v) is 7.93. The lowest BCUT2D eigenvalue weighted by atomic mass is 10.0. The normalized spacial score (nSPS) is 13.4. The Hall–Kier alpha value is -0.850. The molecule has 0 bridgehead atoms. The van der Waals surface area contributed by atoms with Crippen molar-refractivity contribution in [1.29, 1.82) is 0 Å². The van der Waals surface area contributed by atoms with Gasteiger partial charge in [-0.05, 0) is 40.2 Å². The Morgan fingerprint density at radius 1 is 1.40 bits per heavy atom. The largest absolute Gasteiger partial charge is 0.390 e. The smallest absolute Gasteiger partial charge is 0.244 e. The third-order valence-corrected chi connectivity index (χ3v) is 6.04. The molecule has 0 amide bonds. The second kappa shape index (κ2) is 5.87. The lowest BCUT2D eigenvalue weighted by Crippen LogP contribution is -2.44. The van der Waals surface area contributed by atoms with E-state index in [9.17, 15) is 13.5 Å². The van der Waals surface area contributed by atoms with Crippen molar-refractivity contribution in [3.8, 4) is 0 Å². The molecule has 0 spiro atoms. The molecule has 20 heavy (non-hydrogen) atoms. The van der Waals surface area contributed by atoms with Crippen LogP contribution in [-0.2, 0) is 16.6 Å². The third kappa shape index (κ3) is 3.07. The van der Waals surface area contributed by atoms with Gasteiger partial charge in [-0.3, -0.25) is 0 Å². The Morgan fingerprint density at radius 3 is 2.30 bits per heavy atom. The van der Waals surface area contributed by atoms with E-state index in [0.29, 0.717) is 5.69 Å². The van der Waals surface area contributed by atoms with E-state index < -0.39 is 15.6 Å². The third-order valence-electron chi connectivity index (χ3n) is 4.00. The predicted octanol–water partition coefficient (Wildman–Crippen LogP) is 2.37. The number of aromatic nitrogens is 1. The van der Waals surface area contributed by atoms with Crippen molar-refractivity contribution in [2.24, 2.45) is 0 Å². The number of hydrogen-bond acceptors (Lipinski definition) is 3. The van der Waals surface area contributed by atoms with Crippen molar-refractivity contribution in [2.75, 3.05) is 7.05 Å². The zero-order valence-electron chi connectivity index (χ0n) is 13.2. The van der Waals surface area contributed by atoms with Crippen LogP contribution in [0.1, 0.15) is 52.8 Å². The van der Waals surface area contributed by atoms with Crippen LogP contribution >= 0.6 is 0 Å². The number of aliphatic hydroxyl groups is 1. The first-order valence-corrected chi connectivity index (χ1v) is 8.32. The van der Waals surface area contributed by atoms with Crippen molar-refractivity contribution >= 4 is 10.0 Å². The first-order valence-electron chi connectivity index (χ1n) is 6.88. The Bertz CT molecular complexity index is 559. The molecule has 1 rings (SSSR count). The van der Waals surface area contributed by atoms with Crippen LogP contribution in [0.25, 0.3) is 0 Å². The molecule has 0 atom stereocenters. The summed E-state index contributed by atoms with van der Waals surface area (Å²) in [6, 6.07) is 1.66. The molecule has 0 aliphatic carbocycles. The van der Waals surface area contributed by atoms with Gasteiger partial charge in [-0.2, -0.15) is 4.31 Å². The maximum Gasteiger partial charge on any atom is 0.244 e. The Kier molecular flexibility index (Phi) is 5.05. The molecule has 0 aromatic carbocycles. The van der Waals surface area contributed by atoms with Gasteiger partial charge in [-0.25, -0.2) is 8.42 Å². The molecule has 1 N–H and O–H groups in total. The van der Waals surface area contributed by atoms with Crippen molar-refractivity contribution in [1.82, 2.24) is 8.87 Å². The molecule has 1 aromatic rings. The van der Waals surface area contributed by atoms with E-state index in [2.05, 4.69) is 0 Å². The average Bonchev–Trinajstić information content (AvgIpc) is 2.82. The lowest BCUT2D eigenvalue weighted by molar-refractivity contribution is 0.257. The maximum atomic E-state index is 12.7. The number of hydrogen-bond donors (Lipinski definition) is 1. The van der Waals surface area contributed by atoms with Gasteiger partial charge in [0.1, 0.15) is 4.90 Å². The van der Waals surface area contributed by atoms with Crippen molar-refractivity contribution in [2.45, 2.75) is 64.1 Å². The van der Waals surface area contributed by atoms with E-state index in [-0.39, 0.29) is 17.5 Å². The second-order valence-electron chi connectivity index (χ2n) is 5.96. The summed E-state index contributed by atoms with van der Waals surface area (Å²) < 4.78 is 28.5. The van der Waals surface area contributed by atoms with Crippen LogP contribution in [0, 0.1) is 0 Å². The first-order chi connectivity index (χ1) is 9.07. The fourth-order valence-corrected chi connectivity index (χ4v) is 3.58. The summed E-state index contributed by atoms with van der Waals surface area (Å²) in [4.78, 5) is 0.235. The summed E-state index contributed by atoms with van der Waals surface area (Å²) in [7, 11) is -1.95. The average molecular weight is 302 g/mol. The Balaban J connectivity index is 3.30.